The van der Waals surface area contributed by atoms with Gasteiger partial charge in [0.25, 0.3) is 0 Å². The van der Waals surface area contributed by atoms with E-state index in [4.69, 9.17) is 25.8 Å². The lowest BCUT2D eigenvalue weighted by molar-refractivity contribution is -0.156. The summed E-state index contributed by atoms with van der Waals surface area (Å²) < 4.78 is 18.1. The number of carboxylic acids is 1. The highest BCUT2D eigenvalue weighted by molar-refractivity contribution is 6.33. The molecule has 2 atom stereocenters. The number of ether oxygens (including phenoxy) is 3. The number of aliphatic hydroxyl groups excluding tert-OH is 1. The third-order valence-electron chi connectivity index (χ3n) is 7.71. The first kappa shape index (κ1) is 29.6. The molecule has 8 nitrogen and oxygen atoms in total. The summed E-state index contributed by atoms with van der Waals surface area (Å²) >= 11 is 7.01. The number of aliphatic hydroxyl groups is 1. The van der Waals surface area contributed by atoms with Gasteiger partial charge in [-0.15, -0.1) is 0 Å². The zero-order valence-electron chi connectivity index (χ0n) is 23.1. The molecule has 0 aromatic heterocycles. The zero-order valence-corrected chi connectivity index (χ0v) is 23.9. The van der Waals surface area contributed by atoms with Gasteiger partial charge in [-0.1, -0.05) is 41.9 Å². The van der Waals surface area contributed by atoms with Crippen LogP contribution in [0.25, 0.3) is 0 Å². The summed E-state index contributed by atoms with van der Waals surface area (Å²) in [4.78, 5) is 13.8. The number of benzene rings is 2. The molecular weight excluding hydrogens is 520 g/mol. The molecule has 39 heavy (non-hydrogen) atoms. The molecule has 2 fully saturated rings. The van der Waals surface area contributed by atoms with E-state index < -0.39 is 23.9 Å². The van der Waals surface area contributed by atoms with Gasteiger partial charge in [-0.3, -0.25) is 15.0 Å². The summed E-state index contributed by atoms with van der Waals surface area (Å²) in [7, 11) is 0. The third kappa shape index (κ3) is 6.87. The quantitative estimate of drug-likeness (QED) is 0.184. The van der Waals surface area contributed by atoms with E-state index in [-0.39, 0.29) is 0 Å². The lowest BCUT2D eigenvalue weighted by Crippen LogP contribution is -2.64. The average Bonchev–Trinajstić information content (AvgIpc) is 3.73. The zero-order chi connectivity index (χ0) is 28.0. The van der Waals surface area contributed by atoms with E-state index in [9.17, 15) is 15.0 Å². The van der Waals surface area contributed by atoms with Gasteiger partial charge in [0.1, 0.15) is 17.0 Å². The molecule has 2 aromatic carbocycles. The van der Waals surface area contributed by atoms with Crippen LogP contribution in [0.4, 0.5) is 0 Å². The van der Waals surface area contributed by atoms with Gasteiger partial charge in [0, 0.05) is 18.2 Å². The molecule has 2 aliphatic rings. The van der Waals surface area contributed by atoms with Gasteiger partial charge in [-0.2, -0.15) is 0 Å². The van der Waals surface area contributed by atoms with Crippen molar-refractivity contribution < 1.29 is 29.2 Å². The lowest BCUT2D eigenvalue weighted by Gasteiger charge is -2.44. The molecule has 0 radical (unpaired) electrons. The van der Waals surface area contributed by atoms with Crippen LogP contribution < -0.4 is 14.8 Å². The van der Waals surface area contributed by atoms with E-state index in [0.717, 1.165) is 41.7 Å². The molecular formula is C30H41ClN2O6. The maximum atomic E-state index is 12.0. The number of halogens is 1. The molecule has 3 N–H and O–H groups in total. The monoisotopic (exact) mass is 560 g/mol. The van der Waals surface area contributed by atoms with Crippen molar-refractivity contribution in [3.63, 3.8) is 0 Å². The number of hydrogen-bond donors (Lipinski definition) is 3. The first-order valence-corrected chi connectivity index (χ1v) is 14.4. The van der Waals surface area contributed by atoms with Crippen molar-refractivity contribution in [3.05, 3.63) is 58.1 Å². The summed E-state index contributed by atoms with van der Waals surface area (Å²) in [5, 5.41) is 24.7. The highest BCUT2D eigenvalue weighted by atomic mass is 35.5. The Hall–Kier alpha value is -2.36. The van der Waals surface area contributed by atoms with Crippen molar-refractivity contribution in [2.45, 2.75) is 83.3 Å². The Morgan fingerprint density at radius 3 is 2.44 bits per heavy atom. The first-order valence-electron chi connectivity index (χ1n) is 14.0. The summed E-state index contributed by atoms with van der Waals surface area (Å²) in [6.07, 6.45) is 2.62. The Kier molecular flexibility index (Phi) is 10.1. The van der Waals surface area contributed by atoms with E-state index in [1.165, 1.54) is 0 Å². The van der Waals surface area contributed by atoms with E-state index >= 15 is 0 Å². The molecule has 0 saturated heterocycles. The van der Waals surface area contributed by atoms with Gasteiger partial charge < -0.3 is 24.4 Å². The Balaban J connectivity index is 1.61. The van der Waals surface area contributed by atoms with Crippen molar-refractivity contribution in [3.8, 4) is 11.5 Å². The molecule has 2 saturated carbocycles. The molecule has 0 heterocycles. The SMILES string of the molecule is CCOc1cc([C@@H](C)N(CCOCc2ccccc2)C(O)NC2(C(=O)O)CCC2)c(Cl)c(OCC)c1C1CC1. The van der Waals surface area contributed by atoms with Crippen molar-refractivity contribution in [2.24, 2.45) is 0 Å². The summed E-state index contributed by atoms with van der Waals surface area (Å²) in [5.41, 5.74) is 1.66. The van der Waals surface area contributed by atoms with Crippen LogP contribution in [0.1, 0.15) is 81.5 Å². The fourth-order valence-corrected chi connectivity index (χ4v) is 5.56. The molecule has 0 aliphatic heterocycles. The number of rotatable bonds is 16. The standard InChI is InChI=1S/C30H41ClN2O6/c1-4-38-24-18-23(26(31)27(39-5-2)25(24)22-12-13-22)20(3)33(16-17-37-19-21-10-7-6-8-11-21)29(36)32-30(28(34)35)14-9-15-30/h6-8,10-11,18,20,22,29,32,36H,4-5,9,12-17,19H2,1-3H3,(H,34,35)/t20-,29?/m1/s1. The van der Waals surface area contributed by atoms with Gasteiger partial charge >= 0.3 is 5.97 Å². The Bertz CT molecular complexity index is 1110. The number of carbonyl (C=O) groups is 1. The third-order valence-corrected chi connectivity index (χ3v) is 8.10. The number of aliphatic carboxylic acids is 1. The molecule has 9 heteroatoms. The summed E-state index contributed by atoms with van der Waals surface area (Å²) in [6, 6.07) is 11.4. The minimum atomic E-state index is -1.23. The van der Waals surface area contributed by atoms with Crippen molar-refractivity contribution in [1.82, 2.24) is 10.2 Å². The minimum Gasteiger partial charge on any atom is -0.493 e. The normalized spacial score (nSPS) is 17.9. The van der Waals surface area contributed by atoms with Crippen LogP contribution in [0.3, 0.4) is 0 Å². The van der Waals surface area contributed by atoms with E-state index in [1.807, 2.05) is 57.2 Å². The average molecular weight is 561 g/mol. The van der Waals surface area contributed by atoms with Crippen LogP contribution in [-0.4, -0.2) is 59.3 Å². The first-order chi connectivity index (χ1) is 18.8. The molecule has 2 aromatic rings. The van der Waals surface area contributed by atoms with Crippen molar-refractivity contribution in [1.29, 1.82) is 0 Å². The van der Waals surface area contributed by atoms with Crippen LogP contribution in [-0.2, 0) is 16.1 Å². The lowest BCUT2D eigenvalue weighted by atomic mass is 9.77. The second-order valence-corrected chi connectivity index (χ2v) is 10.7. The van der Waals surface area contributed by atoms with Crippen LogP contribution in [0.2, 0.25) is 5.02 Å². The molecule has 2 aliphatic carbocycles. The molecule has 1 unspecified atom stereocenters. The van der Waals surface area contributed by atoms with Crippen LogP contribution in [0, 0.1) is 0 Å². The van der Waals surface area contributed by atoms with Gasteiger partial charge in [0.15, 0.2) is 6.35 Å². The predicted octanol–water partition coefficient (Wildman–Crippen LogP) is 5.47. The van der Waals surface area contributed by atoms with Crippen LogP contribution >= 0.6 is 11.6 Å². The van der Waals surface area contributed by atoms with Gasteiger partial charge in [-0.25, -0.2) is 0 Å². The van der Waals surface area contributed by atoms with Crippen molar-refractivity contribution >= 4 is 17.6 Å². The predicted molar refractivity (Wildman–Crippen MR) is 150 cm³/mol. The fourth-order valence-electron chi connectivity index (χ4n) is 5.19. The maximum absolute atomic E-state index is 12.0. The number of nitrogens with one attached hydrogen (secondary N) is 1. The van der Waals surface area contributed by atoms with Gasteiger partial charge in [0.05, 0.1) is 31.5 Å². The van der Waals surface area contributed by atoms with E-state index in [1.54, 1.807) is 4.90 Å². The second kappa shape index (κ2) is 13.3. The Morgan fingerprint density at radius 1 is 1.18 bits per heavy atom. The van der Waals surface area contributed by atoms with E-state index in [0.29, 0.717) is 62.5 Å². The molecule has 0 spiro atoms. The minimum absolute atomic E-state index is 0.326. The van der Waals surface area contributed by atoms with Crippen LogP contribution in [0.15, 0.2) is 36.4 Å². The largest absolute Gasteiger partial charge is 0.493 e. The fraction of sp³-hybridized carbons (Fsp3) is 0.567. The smallest absolute Gasteiger partial charge is 0.324 e. The van der Waals surface area contributed by atoms with Gasteiger partial charge in [-0.05, 0) is 76.0 Å². The number of carboxylic acid groups (broad SMARTS) is 1. The van der Waals surface area contributed by atoms with Gasteiger partial charge in [0.2, 0.25) is 0 Å². The second-order valence-electron chi connectivity index (χ2n) is 10.4. The Labute approximate surface area is 236 Å². The summed E-state index contributed by atoms with van der Waals surface area (Å²) in [6.45, 7) is 7.89. The van der Waals surface area contributed by atoms with Crippen molar-refractivity contribution in [2.75, 3.05) is 26.4 Å². The molecule has 0 amide bonds. The molecule has 214 valence electrons. The van der Waals surface area contributed by atoms with E-state index in [2.05, 4.69) is 5.32 Å². The molecule has 4 rings (SSSR count). The highest BCUT2D eigenvalue weighted by Crippen LogP contribution is 2.53. The number of nitrogens with zero attached hydrogens (tertiary/aromatic N) is 1. The summed E-state index contributed by atoms with van der Waals surface area (Å²) in [5.74, 6) is 0.792. The maximum Gasteiger partial charge on any atom is 0.324 e. The van der Waals surface area contributed by atoms with Crippen LogP contribution in [0.5, 0.6) is 11.5 Å². The molecule has 0 bridgehead atoms. The number of hydrogen-bond acceptors (Lipinski definition) is 7. The topological polar surface area (TPSA) is 100 Å². The Morgan fingerprint density at radius 2 is 1.87 bits per heavy atom. The highest BCUT2D eigenvalue weighted by Gasteiger charge is 2.47.